The summed E-state index contributed by atoms with van der Waals surface area (Å²) in [7, 11) is 3.14. The van der Waals surface area contributed by atoms with Gasteiger partial charge in [-0.3, -0.25) is 0 Å². The van der Waals surface area contributed by atoms with Gasteiger partial charge in [-0.05, 0) is 24.1 Å². The molecule has 100 valence electrons. The minimum atomic E-state index is 0.359. The summed E-state index contributed by atoms with van der Waals surface area (Å²) in [6.07, 6.45) is 0. The molecule has 0 saturated carbocycles. The van der Waals surface area contributed by atoms with Crippen molar-refractivity contribution in [1.82, 2.24) is 15.2 Å². The highest BCUT2D eigenvalue weighted by atomic mass is 16.5. The summed E-state index contributed by atoms with van der Waals surface area (Å²) < 4.78 is 10.3. The summed E-state index contributed by atoms with van der Waals surface area (Å²) in [6.45, 7) is 4.17. The first-order valence-corrected chi connectivity index (χ1v) is 6.08. The van der Waals surface area contributed by atoms with Crippen LogP contribution in [0.3, 0.4) is 0 Å². The van der Waals surface area contributed by atoms with Crippen molar-refractivity contribution in [3.63, 3.8) is 0 Å². The zero-order valence-electron chi connectivity index (χ0n) is 11.5. The summed E-state index contributed by atoms with van der Waals surface area (Å²) in [5, 5.41) is 8.43. The number of hydrogen-bond acceptors (Lipinski definition) is 5. The molecular weight excluding hydrogens is 242 g/mol. The zero-order chi connectivity index (χ0) is 13.8. The number of methoxy groups -OCH3 is 2. The Morgan fingerprint density at radius 3 is 2.26 bits per heavy atom. The van der Waals surface area contributed by atoms with Gasteiger partial charge in [0, 0.05) is 6.07 Å². The summed E-state index contributed by atoms with van der Waals surface area (Å²) in [4.78, 5) is 4.23. The van der Waals surface area contributed by atoms with E-state index in [1.54, 1.807) is 20.3 Å². The third-order valence-electron chi connectivity index (χ3n) is 2.79. The third-order valence-corrected chi connectivity index (χ3v) is 2.79. The van der Waals surface area contributed by atoms with Crippen molar-refractivity contribution in [2.75, 3.05) is 14.2 Å². The molecule has 0 aliphatic heterocycles. The van der Waals surface area contributed by atoms with Crippen LogP contribution in [0.1, 0.15) is 25.5 Å². The van der Waals surface area contributed by atoms with E-state index in [1.807, 2.05) is 18.2 Å². The molecule has 0 radical (unpaired) electrons. The zero-order valence-corrected chi connectivity index (χ0v) is 11.5. The average Bonchev–Trinajstić information content (AvgIpc) is 2.46. The van der Waals surface area contributed by atoms with Gasteiger partial charge in [0.25, 0.3) is 0 Å². The van der Waals surface area contributed by atoms with Crippen LogP contribution in [0.4, 0.5) is 0 Å². The Balaban J connectivity index is 2.40. The van der Waals surface area contributed by atoms with Gasteiger partial charge < -0.3 is 9.47 Å². The van der Waals surface area contributed by atoms with Gasteiger partial charge in [0.2, 0.25) is 11.8 Å². The summed E-state index contributed by atoms with van der Waals surface area (Å²) >= 11 is 0. The second-order valence-electron chi connectivity index (χ2n) is 4.41. The van der Waals surface area contributed by atoms with E-state index < -0.39 is 0 Å². The van der Waals surface area contributed by atoms with Crippen molar-refractivity contribution in [3.8, 4) is 23.0 Å². The normalized spacial score (nSPS) is 10.6. The lowest BCUT2D eigenvalue weighted by atomic mass is 10.1. The highest BCUT2D eigenvalue weighted by Crippen LogP contribution is 2.28. The van der Waals surface area contributed by atoms with Gasteiger partial charge >= 0.3 is 0 Å². The second kappa shape index (κ2) is 5.65. The van der Waals surface area contributed by atoms with E-state index in [-0.39, 0.29) is 0 Å². The summed E-state index contributed by atoms with van der Waals surface area (Å²) in [6, 6.07) is 7.53. The summed E-state index contributed by atoms with van der Waals surface area (Å²) in [5.74, 6) is 1.34. The van der Waals surface area contributed by atoms with E-state index in [0.717, 1.165) is 17.0 Å². The van der Waals surface area contributed by atoms with Gasteiger partial charge in [-0.25, -0.2) is 0 Å². The molecule has 0 fully saturated rings. The molecule has 2 rings (SSSR count). The number of rotatable bonds is 4. The Bertz CT molecular complexity index is 553. The average molecular weight is 259 g/mol. The summed E-state index contributed by atoms with van der Waals surface area (Å²) in [5.41, 5.74) is 2.49. The van der Waals surface area contributed by atoms with Crippen molar-refractivity contribution < 1.29 is 9.47 Å². The van der Waals surface area contributed by atoms with E-state index >= 15 is 0 Å². The van der Waals surface area contributed by atoms with Gasteiger partial charge in [-0.15, -0.1) is 0 Å². The van der Waals surface area contributed by atoms with Gasteiger partial charge in [0.05, 0.1) is 31.2 Å². The quantitative estimate of drug-likeness (QED) is 0.845. The Morgan fingerprint density at radius 1 is 0.947 bits per heavy atom. The van der Waals surface area contributed by atoms with Crippen LogP contribution in [0, 0.1) is 0 Å². The van der Waals surface area contributed by atoms with Gasteiger partial charge in [-0.1, -0.05) is 13.8 Å². The number of hydrogen-bond donors (Lipinski definition) is 0. The second-order valence-corrected chi connectivity index (χ2v) is 4.41. The lowest BCUT2D eigenvalue weighted by Crippen LogP contribution is -1.99. The molecular formula is C14H17N3O2. The number of ether oxygens (including phenoxy) is 2. The molecule has 0 atom stereocenters. The number of aromatic nitrogens is 3. The Kier molecular flexibility index (Phi) is 3.94. The molecule has 2 heterocycles. The SMILES string of the molecule is COc1ccc(-c2ccc(C(C)C)nn2)c(OC)n1. The molecule has 0 bridgehead atoms. The maximum Gasteiger partial charge on any atom is 0.226 e. The topological polar surface area (TPSA) is 57.1 Å². The first kappa shape index (κ1) is 13.3. The molecule has 5 heteroatoms. The monoisotopic (exact) mass is 259 g/mol. The maximum absolute atomic E-state index is 5.26. The first-order valence-electron chi connectivity index (χ1n) is 6.08. The molecule has 19 heavy (non-hydrogen) atoms. The van der Waals surface area contributed by atoms with Crippen LogP contribution < -0.4 is 9.47 Å². The van der Waals surface area contributed by atoms with Crippen LogP contribution in [-0.4, -0.2) is 29.4 Å². The van der Waals surface area contributed by atoms with Crippen LogP contribution in [0.15, 0.2) is 24.3 Å². The highest BCUT2D eigenvalue weighted by molar-refractivity contribution is 5.65. The van der Waals surface area contributed by atoms with Crippen molar-refractivity contribution in [3.05, 3.63) is 30.0 Å². The minimum absolute atomic E-state index is 0.359. The smallest absolute Gasteiger partial charge is 0.226 e. The van der Waals surface area contributed by atoms with E-state index in [0.29, 0.717) is 17.7 Å². The predicted molar refractivity (Wildman–Crippen MR) is 72.5 cm³/mol. The largest absolute Gasteiger partial charge is 0.481 e. The van der Waals surface area contributed by atoms with E-state index in [4.69, 9.17) is 9.47 Å². The van der Waals surface area contributed by atoms with Crippen LogP contribution in [-0.2, 0) is 0 Å². The fourth-order valence-corrected chi connectivity index (χ4v) is 1.68. The van der Waals surface area contributed by atoms with Gasteiger partial charge in [-0.2, -0.15) is 15.2 Å². The molecule has 0 spiro atoms. The molecule has 0 N–H and O–H groups in total. The van der Waals surface area contributed by atoms with Gasteiger partial charge in [0.15, 0.2) is 0 Å². The van der Waals surface area contributed by atoms with Gasteiger partial charge in [0.1, 0.15) is 0 Å². The Hall–Kier alpha value is -2.17. The maximum atomic E-state index is 5.26. The molecule has 0 amide bonds. The van der Waals surface area contributed by atoms with Crippen LogP contribution in [0.25, 0.3) is 11.3 Å². The van der Waals surface area contributed by atoms with Crippen LogP contribution >= 0.6 is 0 Å². The molecule has 0 aromatic carbocycles. The molecule has 2 aromatic heterocycles. The van der Waals surface area contributed by atoms with E-state index in [1.165, 1.54) is 0 Å². The van der Waals surface area contributed by atoms with Crippen molar-refractivity contribution in [2.45, 2.75) is 19.8 Å². The first-order chi connectivity index (χ1) is 9.15. The molecule has 0 unspecified atom stereocenters. The number of pyridine rings is 1. The molecule has 0 saturated heterocycles. The lowest BCUT2D eigenvalue weighted by Gasteiger charge is -2.09. The predicted octanol–water partition coefficient (Wildman–Crippen LogP) is 2.68. The van der Waals surface area contributed by atoms with Crippen molar-refractivity contribution in [1.29, 1.82) is 0 Å². The molecule has 0 aliphatic rings. The van der Waals surface area contributed by atoms with Crippen LogP contribution in [0.2, 0.25) is 0 Å². The molecule has 2 aromatic rings. The van der Waals surface area contributed by atoms with Crippen LogP contribution in [0.5, 0.6) is 11.8 Å². The standard InChI is InChI=1S/C14H17N3O2/c1-9(2)11-6-7-12(17-16-11)10-5-8-13(18-3)15-14(10)19-4/h5-9H,1-4H3. The fourth-order valence-electron chi connectivity index (χ4n) is 1.68. The third kappa shape index (κ3) is 2.81. The fraction of sp³-hybridized carbons (Fsp3) is 0.357. The Labute approximate surface area is 112 Å². The molecule has 5 nitrogen and oxygen atoms in total. The highest BCUT2D eigenvalue weighted by Gasteiger charge is 2.11. The Morgan fingerprint density at radius 2 is 1.74 bits per heavy atom. The number of nitrogens with zero attached hydrogens (tertiary/aromatic N) is 3. The van der Waals surface area contributed by atoms with E-state index in [2.05, 4.69) is 29.0 Å². The molecule has 0 aliphatic carbocycles. The van der Waals surface area contributed by atoms with E-state index in [9.17, 15) is 0 Å². The lowest BCUT2D eigenvalue weighted by molar-refractivity contribution is 0.365. The van der Waals surface area contributed by atoms with Crippen molar-refractivity contribution >= 4 is 0 Å². The minimum Gasteiger partial charge on any atom is -0.481 e. The van der Waals surface area contributed by atoms with Crippen molar-refractivity contribution in [2.24, 2.45) is 0 Å².